The Kier molecular flexibility index (Phi) is 5.64. The fraction of sp³-hybridized carbons (Fsp3) is 0.632. The van der Waals surface area contributed by atoms with Crippen LogP contribution in [0.15, 0.2) is 12.1 Å². The minimum Gasteiger partial charge on any atom is -0.382 e. The van der Waals surface area contributed by atoms with E-state index in [-0.39, 0.29) is 11.8 Å². The molecule has 0 aliphatic carbocycles. The third kappa shape index (κ3) is 4.45. The number of carbonyl (C=O) groups excluding carboxylic acids is 2. The maximum absolute atomic E-state index is 11.5. The van der Waals surface area contributed by atoms with Crippen molar-refractivity contribution < 1.29 is 9.59 Å². The van der Waals surface area contributed by atoms with Gasteiger partial charge in [-0.1, -0.05) is 0 Å². The van der Waals surface area contributed by atoms with Crippen LogP contribution in [-0.4, -0.2) is 71.9 Å². The van der Waals surface area contributed by atoms with Crippen molar-refractivity contribution in [3.63, 3.8) is 0 Å². The highest BCUT2D eigenvalue weighted by Crippen LogP contribution is 2.23. The fourth-order valence-electron chi connectivity index (χ4n) is 3.72. The highest BCUT2D eigenvalue weighted by Gasteiger charge is 2.22. The molecular weight excluding hydrogens is 330 g/mol. The largest absolute Gasteiger partial charge is 0.382 e. The third-order valence-corrected chi connectivity index (χ3v) is 5.30. The van der Waals surface area contributed by atoms with Crippen LogP contribution in [0.25, 0.3) is 0 Å². The Morgan fingerprint density at radius 1 is 0.962 bits per heavy atom. The number of rotatable bonds is 3. The van der Waals surface area contributed by atoms with Gasteiger partial charge in [0.1, 0.15) is 5.82 Å². The Morgan fingerprint density at radius 2 is 1.54 bits per heavy atom. The first-order chi connectivity index (χ1) is 12.4. The second-order valence-electron chi connectivity index (χ2n) is 7.27. The van der Waals surface area contributed by atoms with Crippen LogP contribution in [0.2, 0.25) is 0 Å². The number of amides is 2. The van der Waals surface area contributed by atoms with Crippen molar-refractivity contribution in [2.24, 2.45) is 0 Å². The Hall–Kier alpha value is -2.31. The Labute approximate surface area is 155 Å². The highest BCUT2D eigenvalue weighted by atomic mass is 16.2. The average molecular weight is 359 g/mol. The lowest BCUT2D eigenvalue weighted by Gasteiger charge is -2.35. The predicted molar refractivity (Wildman–Crippen MR) is 102 cm³/mol. The van der Waals surface area contributed by atoms with E-state index in [1.165, 1.54) is 0 Å². The number of hydrogen-bond donors (Lipinski definition) is 1. The van der Waals surface area contributed by atoms with E-state index in [1.54, 1.807) is 13.8 Å². The summed E-state index contributed by atoms with van der Waals surface area (Å²) in [5.41, 5.74) is 2.07. The first-order valence-corrected chi connectivity index (χ1v) is 9.43. The van der Waals surface area contributed by atoms with Gasteiger partial charge in [0.15, 0.2) is 0 Å². The van der Waals surface area contributed by atoms with Gasteiger partial charge >= 0.3 is 0 Å². The molecule has 0 radical (unpaired) electrons. The molecule has 26 heavy (non-hydrogen) atoms. The number of hydrogen-bond acceptors (Lipinski definition) is 5. The summed E-state index contributed by atoms with van der Waals surface area (Å²) in [6.07, 6.45) is 1.93. The van der Waals surface area contributed by atoms with E-state index in [0.717, 1.165) is 69.3 Å². The number of piperazine rings is 1. The summed E-state index contributed by atoms with van der Waals surface area (Å²) in [6.45, 7) is 10.0. The molecule has 2 saturated heterocycles. The molecule has 1 aromatic heterocycles. The number of pyridine rings is 1. The van der Waals surface area contributed by atoms with E-state index in [1.807, 2.05) is 16.7 Å². The van der Waals surface area contributed by atoms with Crippen molar-refractivity contribution in [3.8, 4) is 0 Å². The molecule has 0 spiro atoms. The molecule has 2 aliphatic heterocycles. The van der Waals surface area contributed by atoms with Crippen LogP contribution in [-0.2, 0) is 9.59 Å². The molecule has 0 aromatic carbocycles. The van der Waals surface area contributed by atoms with E-state index >= 15 is 0 Å². The number of piperidine rings is 1. The van der Waals surface area contributed by atoms with Gasteiger partial charge in [0.25, 0.3) is 0 Å². The predicted octanol–water partition coefficient (Wildman–Crippen LogP) is 1.48. The van der Waals surface area contributed by atoms with E-state index < -0.39 is 0 Å². The topological polar surface area (TPSA) is 68.8 Å². The lowest BCUT2D eigenvalue weighted by molar-refractivity contribution is -0.130. The molecule has 3 rings (SSSR count). The van der Waals surface area contributed by atoms with Gasteiger partial charge < -0.3 is 20.0 Å². The minimum atomic E-state index is 0.140. The van der Waals surface area contributed by atoms with Crippen molar-refractivity contribution >= 4 is 23.3 Å². The van der Waals surface area contributed by atoms with Crippen LogP contribution in [0.4, 0.5) is 11.5 Å². The molecule has 1 N–H and O–H groups in total. The maximum atomic E-state index is 11.5. The molecule has 2 amide bonds. The van der Waals surface area contributed by atoms with Crippen molar-refractivity contribution in [1.29, 1.82) is 0 Å². The molecular formula is C19H29N5O2. The van der Waals surface area contributed by atoms with Crippen LogP contribution < -0.4 is 10.2 Å². The fourth-order valence-corrected chi connectivity index (χ4v) is 3.72. The average Bonchev–Trinajstić information content (AvgIpc) is 2.61. The summed E-state index contributed by atoms with van der Waals surface area (Å²) in [7, 11) is 0. The van der Waals surface area contributed by atoms with Gasteiger partial charge in [0.05, 0.1) is 0 Å². The van der Waals surface area contributed by atoms with Gasteiger partial charge in [-0.2, -0.15) is 0 Å². The SMILES string of the molecule is CC(=O)N1CCC(Nc2cc(C)nc(N3CCN(C(C)=O)CC3)c2)CC1. The normalized spacial score (nSPS) is 18.8. The van der Waals surface area contributed by atoms with Crippen molar-refractivity contribution in [2.75, 3.05) is 49.5 Å². The van der Waals surface area contributed by atoms with E-state index in [4.69, 9.17) is 0 Å². The molecule has 3 heterocycles. The quantitative estimate of drug-likeness (QED) is 0.885. The Morgan fingerprint density at radius 3 is 2.12 bits per heavy atom. The number of likely N-dealkylation sites (tertiary alicyclic amines) is 1. The summed E-state index contributed by atoms with van der Waals surface area (Å²) >= 11 is 0. The standard InChI is InChI=1S/C19H29N5O2/c1-14-12-18(21-17-4-6-22(7-5-17)15(2)25)13-19(20-14)24-10-8-23(9-11-24)16(3)26/h12-13,17H,4-11H2,1-3H3,(H,20,21). The summed E-state index contributed by atoms with van der Waals surface area (Å²) in [5.74, 6) is 1.27. The summed E-state index contributed by atoms with van der Waals surface area (Å²) < 4.78 is 0. The number of aromatic nitrogens is 1. The molecule has 2 fully saturated rings. The van der Waals surface area contributed by atoms with Gasteiger partial charge in [0, 0.05) is 76.6 Å². The molecule has 142 valence electrons. The zero-order valence-corrected chi connectivity index (χ0v) is 16.0. The van der Waals surface area contributed by atoms with E-state index in [0.29, 0.717) is 6.04 Å². The van der Waals surface area contributed by atoms with Crippen LogP contribution in [0.3, 0.4) is 0 Å². The Bertz CT molecular complexity index is 662. The summed E-state index contributed by atoms with van der Waals surface area (Å²) in [4.78, 5) is 33.7. The minimum absolute atomic E-state index is 0.140. The molecule has 0 bridgehead atoms. The lowest BCUT2D eigenvalue weighted by Crippen LogP contribution is -2.48. The van der Waals surface area contributed by atoms with Gasteiger partial charge in [-0.3, -0.25) is 9.59 Å². The number of aryl methyl sites for hydroxylation is 1. The molecule has 7 heteroatoms. The number of anilines is 2. The second-order valence-corrected chi connectivity index (χ2v) is 7.27. The molecule has 0 unspecified atom stereocenters. The first-order valence-electron chi connectivity index (χ1n) is 9.43. The second kappa shape index (κ2) is 7.93. The van der Waals surface area contributed by atoms with Crippen molar-refractivity contribution in [3.05, 3.63) is 17.8 Å². The molecule has 7 nitrogen and oxygen atoms in total. The van der Waals surface area contributed by atoms with Crippen molar-refractivity contribution in [1.82, 2.24) is 14.8 Å². The third-order valence-electron chi connectivity index (χ3n) is 5.30. The van der Waals surface area contributed by atoms with Crippen LogP contribution in [0, 0.1) is 6.92 Å². The molecule has 0 atom stereocenters. The number of carbonyl (C=O) groups is 2. The summed E-state index contributed by atoms with van der Waals surface area (Å²) in [6, 6.07) is 4.57. The van der Waals surface area contributed by atoms with Crippen LogP contribution in [0.5, 0.6) is 0 Å². The zero-order valence-electron chi connectivity index (χ0n) is 16.0. The monoisotopic (exact) mass is 359 g/mol. The van der Waals surface area contributed by atoms with Crippen LogP contribution >= 0.6 is 0 Å². The van der Waals surface area contributed by atoms with E-state index in [9.17, 15) is 9.59 Å². The van der Waals surface area contributed by atoms with Crippen molar-refractivity contribution in [2.45, 2.75) is 39.7 Å². The lowest BCUT2D eigenvalue weighted by atomic mass is 10.0. The van der Waals surface area contributed by atoms with Gasteiger partial charge in [-0.25, -0.2) is 4.98 Å². The zero-order chi connectivity index (χ0) is 18.7. The molecule has 2 aliphatic rings. The molecule has 1 aromatic rings. The van der Waals surface area contributed by atoms with Gasteiger partial charge in [-0.05, 0) is 25.8 Å². The Balaban J connectivity index is 1.61. The van der Waals surface area contributed by atoms with Gasteiger partial charge in [-0.15, -0.1) is 0 Å². The van der Waals surface area contributed by atoms with Crippen LogP contribution in [0.1, 0.15) is 32.4 Å². The van der Waals surface area contributed by atoms with E-state index in [2.05, 4.69) is 27.3 Å². The highest BCUT2D eigenvalue weighted by molar-refractivity contribution is 5.74. The molecule has 0 saturated carbocycles. The number of nitrogens with zero attached hydrogens (tertiary/aromatic N) is 4. The van der Waals surface area contributed by atoms with Gasteiger partial charge in [0.2, 0.25) is 11.8 Å². The first kappa shape index (κ1) is 18.5. The summed E-state index contributed by atoms with van der Waals surface area (Å²) in [5, 5.41) is 3.62. The maximum Gasteiger partial charge on any atom is 0.219 e. The smallest absolute Gasteiger partial charge is 0.219 e. The number of nitrogens with one attached hydrogen (secondary N) is 1.